The quantitative estimate of drug-likeness (QED) is 0.227. The second kappa shape index (κ2) is 12.2. The van der Waals surface area contributed by atoms with Crippen molar-refractivity contribution in [2.45, 2.75) is 25.7 Å². The third kappa shape index (κ3) is 6.16. The highest BCUT2D eigenvalue weighted by atomic mass is 35.5. The van der Waals surface area contributed by atoms with Crippen molar-refractivity contribution in [3.8, 4) is 5.75 Å². The Hall–Kier alpha value is -3.86. The molecule has 6 nitrogen and oxygen atoms in total. The Kier molecular flexibility index (Phi) is 8.58. The summed E-state index contributed by atoms with van der Waals surface area (Å²) < 4.78 is 55.1. The lowest BCUT2D eigenvalue weighted by Gasteiger charge is -2.26. The van der Waals surface area contributed by atoms with Crippen molar-refractivity contribution in [1.82, 2.24) is 4.57 Å². The molecular formula is C30H21Cl2F3N2O4S. The van der Waals surface area contributed by atoms with Crippen LogP contribution in [0.3, 0.4) is 0 Å². The van der Waals surface area contributed by atoms with Crippen molar-refractivity contribution >= 4 is 46.6 Å². The van der Waals surface area contributed by atoms with E-state index in [1.807, 2.05) is 12.1 Å². The minimum absolute atomic E-state index is 0.0990. The van der Waals surface area contributed by atoms with Gasteiger partial charge in [0.25, 0.3) is 5.56 Å². The highest BCUT2D eigenvalue weighted by Crippen LogP contribution is 2.38. The molecule has 1 aliphatic rings. The Balaban J connectivity index is 1.66. The summed E-state index contributed by atoms with van der Waals surface area (Å²) in [7, 11) is 0. The molecule has 0 bridgehead atoms. The highest BCUT2D eigenvalue weighted by Gasteiger charge is 2.45. The van der Waals surface area contributed by atoms with Crippen LogP contribution in [0.2, 0.25) is 10.0 Å². The summed E-state index contributed by atoms with van der Waals surface area (Å²) in [4.78, 5) is 30.3. The first-order valence-electron chi connectivity index (χ1n) is 12.6. The van der Waals surface area contributed by atoms with E-state index in [1.165, 1.54) is 37.3 Å². The second-order valence-electron chi connectivity index (χ2n) is 9.07. The van der Waals surface area contributed by atoms with Crippen molar-refractivity contribution in [1.29, 1.82) is 0 Å². The van der Waals surface area contributed by atoms with Crippen LogP contribution in [-0.2, 0) is 16.1 Å². The first-order chi connectivity index (χ1) is 20.1. The number of esters is 1. The molecule has 0 saturated heterocycles. The Morgan fingerprint density at radius 1 is 1.02 bits per heavy atom. The molecule has 1 atom stereocenters. The van der Waals surface area contributed by atoms with E-state index in [1.54, 1.807) is 36.4 Å². The van der Waals surface area contributed by atoms with E-state index in [4.69, 9.17) is 32.7 Å². The Morgan fingerprint density at radius 2 is 1.67 bits per heavy atom. The normalized spacial score (nSPS) is 15.3. The maximum atomic E-state index is 14.3. The van der Waals surface area contributed by atoms with Crippen molar-refractivity contribution < 1.29 is 27.4 Å². The lowest BCUT2D eigenvalue weighted by Crippen LogP contribution is -2.41. The van der Waals surface area contributed by atoms with Gasteiger partial charge in [-0.25, -0.2) is 9.79 Å². The van der Waals surface area contributed by atoms with Gasteiger partial charge in [0, 0.05) is 15.6 Å². The SMILES string of the molecule is CCOC(=O)C1=C(C(F)(F)F)N=c2s/c(=C/c3ccccc3OCc3ccc(Cl)cc3)c(=O)n2[C@@H]1c1ccc(Cl)cc1. The van der Waals surface area contributed by atoms with Gasteiger partial charge in [0.15, 0.2) is 10.5 Å². The van der Waals surface area contributed by atoms with Crippen molar-refractivity contribution in [2.75, 3.05) is 6.61 Å². The van der Waals surface area contributed by atoms with Gasteiger partial charge in [-0.3, -0.25) is 9.36 Å². The van der Waals surface area contributed by atoms with Crippen LogP contribution in [-0.4, -0.2) is 23.3 Å². The molecule has 5 rings (SSSR count). The van der Waals surface area contributed by atoms with Crippen LogP contribution in [0.5, 0.6) is 5.75 Å². The lowest BCUT2D eigenvalue weighted by atomic mass is 9.95. The summed E-state index contributed by atoms with van der Waals surface area (Å²) >= 11 is 12.8. The lowest BCUT2D eigenvalue weighted by molar-refractivity contribution is -0.140. The molecule has 42 heavy (non-hydrogen) atoms. The summed E-state index contributed by atoms with van der Waals surface area (Å²) in [6.45, 7) is 1.53. The predicted octanol–water partition coefficient (Wildman–Crippen LogP) is 6.23. The fourth-order valence-corrected chi connectivity index (χ4v) is 5.66. The molecule has 216 valence electrons. The molecule has 0 unspecified atom stereocenters. The third-order valence-electron chi connectivity index (χ3n) is 6.29. The third-order valence-corrected chi connectivity index (χ3v) is 7.78. The van der Waals surface area contributed by atoms with E-state index in [9.17, 15) is 22.8 Å². The minimum atomic E-state index is -5.00. The fraction of sp³-hybridized carbons (Fsp3) is 0.167. The number of para-hydroxylation sites is 1. The number of fused-ring (bicyclic) bond motifs is 1. The Morgan fingerprint density at radius 3 is 2.31 bits per heavy atom. The molecule has 3 aromatic carbocycles. The minimum Gasteiger partial charge on any atom is -0.488 e. The molecule has 0 fully saturated rings. The number of ether oxygens (including phenoxy) is 2. The first kappa shape index (κ1) is 29.6. The fourth-order valence-electron chi connectivity index (χ4n) is 4.42. The number of hydrogen-bond donors (Lipinski definition) is 0. The number of allylic oxidation sites excluding steroid dienone is 1. The molecule has 4 aromatic rings. The molecule has 0 saturated carbocycles. The Labute approximate surface area is 251 Å². The van der Waals surface area contributed by atoms with Crippen LogP contribution in [0.4, 0.5) is 13.2 Å². The standard InChI is InChI=1S/C30H21Cl2F3N2O4S/c1-2-40-28(39)24-25(18-9-13-21(32)14-10-18)37-27(38)23(42-29(37)36-26(24)30(33,34)35)15-19-5-3-4-6-22(19)41-16-17-7-11-20(31)12-8-17/h3-15,25H,2,16H2,1H3/b23-15+/t25-/m1/s1. The van der Waals surface area contributed by atoms with Gasteiger partial charge >= 0.3 is 12.1 Å². The maximum Gasteiger partial charge on any atom is 0.434 e. The second-order valence-corrected chi connectivity index (χ2v) is 10.9. The number of carbonyl (C=O) groups excluding carboxylic acids is 1. The van der Waals surface area contributed by atoms with Crippen molar-refractivity contribution in [3.63, 3.8) is 0 Å². The number of carbonyl (C=O) groups is 1. The van der Waals surface area contributed by atoms with Crippen LogP contribution in [0.25, 0.3) is 6.08 Å². The average Bonchev–Trinajstić information content (AvgIpc) is 3.27. The van der Waals surface area contributed by atoms with Gasteiger partial charge in [-0.2, -0.15) is 13.2 Å². The summed E-state index contributed by atoms with van der Waals surface area (Å²) in [6, 6.07) is 18.5. The summed E-state index contributed by atoms with van der Waals surface area (Å²) in [5.41, 5.74) is -1.20. The topological polar surface area (TPSA) is 69.9 Å². The largest absolute Gasteiger partial charge is 0.488 e. The summed E-state index contributed by atoms with van der Waals surface area (Å²) in [5.74, 6) is -0.764. The van der Waals surface area contributed by atoms with E-state index >= 15 is 0 Å². The number of nitrogens with zero attached hydrogens (tertiary/aromatic N) is 2. The van der Waals surface area contributed by atoms with Gasteiger partial charge < -0.3 is 9.47 Å². The molecule has 0 amide bonds. The van der Waals surface area contributed by atoms with Crippen LogP contribution in [0.1, 0.15) is 29.7 Å². The molecule has 1 aromatic heterocycles. The van der Waals surface area contributed by atoms with E-state index in [2.05, 4.69) is 4.99 Å². The zero-order valence-corrected chi connectivity index (χ0v) is 24.2. The van der Waals surface area contributed by atoms with Gasteiger partial charge in [-0.1, -0.05) is 77.0 Å². The van der Waals surface area contributed by atoms with Crippen molar-refractivity contribution in [2.24, 2.45) is 4.99 Å². The Bertz CT molecular complexity index is 1850. The van der Waals surface area contributed by atoms with Gasteiger partial charge in [0.05, 0.1) is 22.8 Å². The molecule has 0 aliphatic carbocycles. The molecule has 12 heteroatoms. The van der Waals surface area contributed by atoms with E-state index in [0.29, 0.717) is 21.4 Å². The van der Waals surface area contributed by atoms with Crippen LogP contribution >= 0.6 is 34.5 Å². The molecule has 0 spiro atoms. The molecule has 2 heterocycles. The van der Waals surface area contributed by atoms with E-state index < -0.39 is 35.0 Å². The van der Waals surface area contributed by atoms with Gasteiger partial charge in [-0.05, 0) is 54.5 Å². The smallest absolute Gasteiger partial charge is 0.434 e. The monoisotopic (exact) mass is 632 g/mol. The van der Waals surface area contributed by atoms with Crippen LogP contribution in [0.15, 0.2) is 93.9 Å². The predicted molar refractivity (Wildman–Crippen MR) is 154 cm³/mol. The molecule has 0 radical (unpaired) electrons. The highest BCUT2D eigenvalue weighted by molar-refractivity contribution is 7.07. The zero-order valence-electron chi connectivity index (χ0n) is 21.8. The van der Waals surface area contributed by atoms with Gasteiger partial charge in [-0.15, -0.1) is 0 Å². The number of thiazole rings is 1. The maximum absolute atomic E-state index is 14.3. The van der Waals surface area contributed by atoms with Crippen molar-refractivity contribution in [3.05, 3.63) is 130 Å². The van der Waals surface area contributed by atoms with Gasteiger partial charge in [0.1, 0.15) is 12.4 Å². The molecular weight excluding hydrogens is 612 g/mol. The number of aromatic nitrogens is 1. The van der Waals surface area contributed by atoms with Crippen LogP contribution in [0, 0.1) is 0 Å². The van der Waals surface area contributed by atoms with Gasteiger partial charge in [0.2, 0.25) is 0 Å². The van der Waals surface area contributed by atoms with E-state index in [0.717, 1.165) is 21.5 Å². The first-order valence-corrected chi connectivity index (χ1v) is 14.2. The molecule has 0 N–H and O–H groups in total. The number of benzene rings is 3. The number of rotatable bonds is 7. The number of alkyl halides is 3. The van der Waals surface area contributed by atoms with E-state index in [-0.39, 0.29) is 28.1 Å². The summed E-state index contributed by atoms with van der Waals surface area (Å²) in [6.07, 6.45) is -3.47. The summed E-state index contributed by atoms with van der Waals surface area (Å²) in [5, 5.41) is 0.922. The number of hydrogen-bond acceptors (Lipinski definition) is 6. The number of halogens is 5. The molecule has 1 aliphatic heterocycles. The average molecular weight is 633 g/mol. The zero-order chi connectivity index (χ0) is 30.0. The van der Waals surface area contributed by atoms with Crippen LogP contribution < -0.4 is 19.6 Å².